The van der Waals surface area contributed by atoms with Crippen molar-refractivity contribution in [3.05, 3.63) is 11.1 Å². The van der Waals surface area contributed by atoms with Crippen molar-refractivity contribution >= 4 is 40.0 Å². The molecule has 0 aliphatic carbocycles. The van der Waals surface area contributed by atoms with Crippen molar-refractivity contribution in [1.29, 1.82) is 5.26 Å². The minimum absolute atomic E-state index is 0.0898. The lowest BCUT2D eigenvalue weighted by molar-refractivity contribution is -0.117. The highest BCUT2D eigenvalue weighted by atomic mass is 16.2. The predicted molar refractivity (Wildman–Crippen MR) is 93.8 cm³/mol. The number of nitriles is 1. The van der Waals surface area contributed by atoms with E-state index in [1.54, 1.807) is 7.05 Å². The van der Waals surface area contributed by atoms with Crippen molar-refractivity contribution < 1.29 is 4.79 Å². The minimum atomic E-state index is -0.0898. The number of aromatic nitrogens is 2. The van der Waals surface area contributed by atoms with E-state index in [9.17, 15) is 10.1 Å². The second kappa shape index (κ2) is 5.53. The van der Waals surface area contributed by atoms with E-state index in [1.807, 2.05) is 18.7 Å². The number of fused-ring (bicyclic) bond motifs is 3. The molecule has 1 aliphatic rings. The van der Waals surface area contributed by atoms with E-state index in [0.717, 1.165) is 0 Å². The fourth-order valence-corrected chi connectivity index (χ4v) is 3.19. The molecule has 0 fully saturated rings. The SMILES string of the molecule is CCN(CC)c1nc(N)c2c(N)nc3c(c2c1C#N)CC(=O)N3C. The third-order valence-corrected chi connectivity index (χ3v) is 4.45. The largest absolute Gasteiger partial charge is 0.383 e. The van der Waals surface area contributed by atoms with Gasteiger partial charge < -0.3 is 16.4 Å². The van der Waals surface area contributed by atoms with Gasteiger partial charge in [-0.3, -0.25) is 9.69 Å². The quantitative estimate of drug-likeness (QED) is 0.863. The van der Waals surface area contributed by atoms with Gasteiger partial charge in [0, 0.05) is 31.1 Å². The smallest absolute Gasteiger partial charge is 0.232 e. The molecule has 8 heteroatoms. The number of carbonyl (C=O) groups excluding carboxylic acids is 1. The molecule has 0 radical (unpaired) electrons. The first kappa shape index (κ1) is 15.8. The fraction of sp³-hybridized carbons (Fsp3) is 0.375. The van der Waals surface area contributed by atoms with Crippen molar-refractivity contribution in [2.45, 2.75) is 20.3 Å². The Morgan fingerprint density at radius 3 is 2.42 bits per heavy atom. The summed E-state index contributed by atoms with van der Waals surface area (Å²) in [4.78, 5) is 24.2. The first-order valence-electron chi connectivity index (χ1n) is 7.77. The van der Waals surface area contributed by atoms with Crippen molar-refractivity contribution in [1.82, 2.24) is 9.97 Å². The van der Waals surface area contributed by atoms with Crippen LogP contribution in [0.2, 0.25) is 0 Å². The van der Waals surface area contributed by atoms with Crippen LogP contribution in [0.5, 0.6) is 0 Å². The summed E-state index contributed by atoms with van der Waals surface area (Å²) in [5, 5.41) is 10.8. The summed E-state index contributed by atoms with van der Waals surface area (Å²) in [5.74, 6) is 1.31. The van der Waals surface area contributed by atoms with E-state index >= 15 is 0 Å². The molecule has 24 heavy (non-hydrogen) atoms. The average molecular weight is 325 g/mol. The van der Waals surface area contributed by atoms with Crippen LogP contribution in [0.1, 0.15) is 25.0 Å². The summed E-state index contributed by atoms with van der Waals surface area (Å²) in [6, 6.07) is 2.23. The summed E-state index contributed by atoms with van der Waals surface area (Å²) >= 11 is 0. The van der Waals surface area contributed by atoms with Crippen molar-refractivity contribution in [3.63, 3.8) is 0 Å². The molecule has 0 saturated carbocycles. The normalized spacial score (nSPS) is 13.2. The number of rotatable bonds is 3. The second-order valence-corrected chi connectivity index (χ2v) is 5.66. The maximum absolute atomic E-state index is 12.1. The third kappa shape index (κ3) is 2.01. The number of hydrogen-bond donors (Lipinski definition) is 2. The Bertz CT molecular complexity index is 896. The monoisotopic (exact) mass is 325 g/mol. The Labute approximate surface area is 139 Å². The van der Waals surface area contributed by atoms with Crippen molar-refractivity contribution in [2.75, 3.05) is 41.4 Å². The number of nitrogen functional groups attached to an aromatic ring is 2. The highest BCUT2D eigenvalue weighted by Crippen LogP contribution is 2.41. The predicted octanol–water partition coefficient (Wildman–Crippen LogP) is 1.03. The Morgan fingerprint density at radius 2 is 1.83 bits per heavy atom. The molecule has 3 rings (SSSR count). The van der Waals surface area contributed by atoms with Gasteiger partial charge in [-0.2, -0.15) is 5.26 Å². The second-order valence-electron chi connectivity index (χ2n) is 5.66. The van der Waals surface area contributed by atoms with Crippen LogP contribution in [0.15, 0.2) is 0 Å². The summed E-state index contributed by atoms with van der Waals surface area (Å²) in [5.41, 5.74) is 13.3. The molecule has 0 atom stereocenters. The zero-order chi connectivity index (χ0) is 17.6. The fourth-order valence-electron chi connectivity index (χ4n) is 3.19. The Kier molecular flexibility index (Phi) is 3.64. The molecule has 1 amide bonds. The molecule has 124 valence electrons. The zero-order valence-electron chi connectivity index (χ0n) is 13.9. The third-order valence-electron chi connectivity index (χ3n) is 4.45. The molecular formula is C16H19N7O. The van der Waals surface area contributed by atoms with Crippen LogP contribution in [-0.4, -0.2) is 36.0 Å². The van der Waals surface area contributed by atoms with Crippen molar-refractivity contribution in [3.8, 4) is 6.07 Å². The number of hydrogen-bond acceptors (Lipinski definition) is 7. The lowest BCUT2D eigenvalue weighted by Gasteiger charge is -2.23. The maximum atomic E-state index is 12.1. The first-order valence-corrected chi connectivity index (χ1v) is 7.77. The van der Waals surface area contributed by atoms with Crippen LogP contribution in [0, 0.1) is 11.3 Å². The molecule has 3 heterocycles. The molecule has 0 saturated heterocycles. The van der Waals surface area contributed by atoms with Crippen LogP contribution in [-0.2, 0) is 11.2 Å². The molecular weight excluding hydrogens is 306 g/mol. The highest BCUT2D eigenvalue weighted by molar-refractivity contribution is 6.13. The number of anilines is 4. The van der Waals surface area contributed by atoms with Crippen LogP contribution in [0.4, 0.5) is 23.3 Å². The van der Waals surface area contributed by atoms with E-state index in [-0.39, 0.29) is 24.0 Å². The number of nitrogens with zero attached hydrogens (tertiary/aromatic N) is 5. The Balaban J connectivity index is 2.48. The lowest BCUT2D eigenvalue weighted by atomic mass is 10.0. The van der Waals surface area contributed by atoms with Crippen LogP contribution >= 0.6 is 0 Å². The molecule has 2 aromatic rings. The van der Waals surface area contributed by atoms with E-state index in [2.05, 4.69) is 16.0 Å². The Morgan fingerprint density at radius 1 is 1.21 bits per heavy atom. The molecule has 8 nitrogen and oxygen atoms in total. The van der Waals surface area contributed by atoms with Gasteiger partial charge in [-0.05, 0) is 13.8 Å². The number of likely N-dealkylation sites (N-methyl/N-ethyl adjacent to an activating group) is 1. The molecule has 0 spiro atoms. The number of nitrogens with two attached hydrogens (primary N) is 2. The van der Waals surface area contributed by atoms with E-state index in [1.165, 1.54) is 4.90 Å². The van der Waals surface area contributed by atoms with Crippen LogP contribution in [0.3, 0.4) is 0 Å². The van der Waals surface area contributed by atoms with Crippen LogP contribution < -0.4 is 21.3 Å². The van der Waals surface area contributed by atoms with Gasteiger partial charge in [-0.1, -0.05) is 0 Å². The molecule has 0 bridgehead atoms. The van der Waals surface area contributed by atoms with Gasteiger partial charge in [0.05, 0.1) is 11.8 Å². The van der Waals surface area contributed by atoms with Crippen LogP contribution in [0.25, 0.3) is 10.8 Å². The molecule has 0 aromatic carbocycles. The van der Waals surface area contributed by atoms with Gasteiger partial charge in [0.15, 0.2) is 0 Å². The van der Waals surface area contributed by atoms with Gasteiger partial charge >= 0.3 is 0 Å². The Hall–Kier alpha value is -3.08. The lowest BCUT2D eigenvalue weighted by Crippen LogP contribution is -2.25. The summed E-state index contributed by atoms with van der Waals surface area (Å²) in [6.07, 6.45) is 0.172. The minimum Gasteiger partial charge on any atom is -0.383 e. The van der Waals surface area contributed by atoms with Gasteiger partial charge in [0.1, 0.15) is 34.9 Å². The van der Waals surface area contributed by atoms with Gasteiger partial charge in [0.2, 0.25) is 5.91 Å². The summed E-state index contributed by atoms with van der Waals surface area (Å²) in [7, 11) is 1.65. The summed E-state index contributed by atoms with van der Waals surface area (Å²) < 4.78 is 0. The molecule has 1 aliphatic heterocycles. The van der Waals surface area contributed by atoms with E-state index < -0.39 is 0 Å². The van der Waals surface area contributed by atoms with Crippen molar-refractivity contribution in [2.24, 2.45) is 0 Å². The average Bonchev–Trinajstić information content (AvgIpc) is 2.84. The molecule has 0 unspecified atom stereocenters. The molecule has 4 N–H and O–H groups in total. The van der Waals surface area contributed by atoms with E-state index in [4.69, 9.17) is 11.5 Å². The number of carbonyl (C=O) groups is 1. The van der Waals surface area contributed by atoms with Gasteiger partial charge in [0.25, 0.3) is 0 Å². The zero-order valence-corrected chi connectivity index (χ0v) is 13.9. The van der Waals surface area contributed by atoms with E-state index in [0.29, 0.717) is 46.6 Å². The maximum Gasteiger partial charge on any atom is 0.232 e. The topological polar surface area (TPSA) is 125 Å². The number of amides is 1. The van der Waals surface area contributed by atoms with Gasteiger partial charge in [-0.25, -0.2) is 9.97 Å². The number of pyridine rings is 2. The standard InChI is InChI=1S/C16H19N7O/c1-4-23(5-2)16-9(7-17)11-8-6-10(24)22(3)15(8)20-13(18)12(11)14(19)21-16/h4-6H2,1-3H3,(H2,18,20)(H2,19,21). The highest BCUT2D eigenvalue weighted by Gasteiger charge is 2.32. The van der Waals surface area contributed by atoms with Gasteiger partial charge in [-0.15, -0.1) is 0 Å². The molecule has 2 aromatic heterocycles. The first-order chi connectivity index (χ1) is 11.4. The summed E-state index contributed by atoms with van der Waals surface area (Å²) in [6.45, 7) is 5.33.